The highest BCUT2D eigenvalue weighted by Gasteiger charge is 2.11. The monoisotopic (exact) mass is 242 g/mol. The van der Waals surface area contributed by atoms with Gasteiger partial charge in [0, 0.05) is 12.4 Å². The first-order valence-electron chi connectivity index (χ1n) is 4.43. The van der Waals surface area contributed by atoms with Crippen LogP contribution in [0.25, 0.3) is 5.65 Å². The average Bonchev–Trinajstić information content (AvgIpc) is 2.65. The van der Waals surface area contributed by atoms with E-state index in [4.69, 9.17) is 9.84 Å². The van der Waals surface area contributed by atoms with Crippen molar-refractivity contribution < 1.29 is 14.6 Å². The molecular formula is C10H11ClN2O3. The Morgan fingerprint density at radius 3 is 2.94 bits per heavy atom. The van der Waals surface area contributed by atoms with Gasteiger partial charge in [-0.15, -0.1) is 12.4 Å². The predicted molar refractivity (Wildman–Crippen MR) is 60.3 cm³/mol. The summed E-state index contributed by atoms with van der Waals surface area (Å²) in [6.07, 6.45) is 3.26. The summed E-state index contributed by atoms with van der Waals surface area (Å²) in [7, 11) is 1.52. The zero-order valence-electron chi connectivity index (χ0n) is 8.58. The topological polar surface area (TPSA) is 63.8 Å². The molecule has 0 saturated carbocycles. The highest BCUT2D eigenvalue weighted by molar-refractivity contribution is 5.85. The second-order valence-electron chi connectivity index (χ2n) is 3.07. The number of nitrogens with zero attached hydrogens (tertiary/aromatic N) is 2. The lowest BCUT2D eigenvalue weighted by Crippen LogP contribution is -2.07. The first-order valence-corrected chi connectivity index (χ1v) is 4.43. The molecule has 2 aromatic rings. The molecule has 2 heterocycles. The van der Waals surface area contributed by atoms with Crippen molar-refractivity contribution in [1.29, 1.82) is 0 Å². The largest absolute Gasteiger partial charge is 0.495 e. The maximum absolute atomic E-state index is 10.7. The number of hydrogen-bond acceptors (Lipinski definition) is 3. The van der Waals surface area contributed by atoms with Crippen molar-refractivity contribution in [2.45, 2.75) is 6.42 Å². The van der Waals surface area contributed by atoms with Gasteiger partial charge >= 0.3 is 5.97 Å². The molecule has 86 valence electrons. The number of aliphatic carboxylic acids is 1. The molecule has 0 unspecified atom stereocenters. The smallest absolute Gasteiger partial charge is 0.309 e. The fourth-order valence-corrected chi connectivity index (χ4v) is 1.53. The second-order valence-corrected chi connectivity index (χ2v) is 3.07. The molecule has 16 heavy (non-hydrogen) atoms. The number of carboxylic acids is 1. The van der Waals surface area contributed by atoms with Gasteiger partial charge in [-0.3, -0.25) is 9.20 Å². The third-order valence-electron chi connectivity index (χ3n) is 2.17. The Labute approximate surface area is 98.1 Å². The molecule has 5 nitrogen and oxygen atoms in total. The van der Waals surface area contributed by atoms with Crippen LogP contribution in [0.4, 0.5) is 0 Å². The Hall–Kier alpha value is -1.75. The van der Waals surface area contributed by atoms with Crippen molar-refractivity contribution in [1.82, 2.24) is 9.38 Å². The van der Waals surface area contributed by atoms with E-state index < -0.39 is 5.97 Å². The average molecular weight is 243 g/mol. The van der Waals surface area contributed by atoms with Crippen LogP contribution in [0.15, 0.2) is 24.5 Å². The Balaban J connectivity index is 0.00000128. The van der Waals surface area contributed by atoms with E-state index in [0.29, 0.717) is 17.1 Å². The summed E-state index contributed by atoms with van der Waals surface area (Å²) in [5.41, 5.74) is 1.31. The van der Waals surface area contributed by atoms with Crippen molar-refractivity contribution in [2.75, 3.05) is 7.11 Å². The Bertz CT molecular complexity index is 510. The maximum Gasteiger partial charge on any atom is 0.309 e. The van der Waals surface area contributed by atoms with Gasteiger partial charge in [0.1, 0.15) is 11.4 Å². The fraction of sp³-hybridized carbons (Fsp3) is 0.200. The highest BCUT2D eigenvalue weighted by atomic mass is 35.5. The Morgan fingerprint density at radius 1 is 1.56 bits per heavy atom. The van der Waals surface area contributed by atoms with Crippen LogP contribution in [0.3, 0.4) is 0 Å². The van der Waals surface area contributed by atoms with Crippen molar-refractivity contribution in [3.8, 4) is 5.75 Å². The molecule has 0 aliphatic carbocycles. The third-order valence-corrected chi connectivity index (χ3v) is 2.17. The number of pyridine rings is 1. The van der Waals surface area contributed by atoms with E-state index in [1.54, 1.807) is 28.9 Å². The molecule has 2 aromatic heterocycles. The summed E-state index contributed by atoms with van der Waals surface area (Å²) in [5.74, 6) is -0.336. The summed E-state index contributed by atoms with van der Waals surface area (Å²) >= 11 is 0. The molecule has 0 aliphatic heterocycles. The van der Waals surface area contributed by atoms with Gasteiger partial charge in [-0.05, 0) is 12.1 Å². The molecule has 0 radical (unpaired) electrons. The molecule has 6 heteroatoms. The minimum Gasteiger partial charge on any atom is -0.495 e. The first-order chi connectivity index (χ1) is 7.22. The summed E-state index contributed by atoms with van der Waals surface area (Å²) < 4.78 is 6.83. The van der Waals surface area contributed by atoms with Crippen LogP contribution >= 0.6 is 12.4 Å². The van der Waals surface area contributed by atoms with Crippen molar-refractivity contribution in [3.63, 3.8) is 0 Å². The van der Waals surface area contributed by atoms with Gasteiger partial charge in [0.25, 0.3) is 0 Å². The molecule has 0 aromatic carbocycles. The number of methoxy groups -OCH3 is 1. The van der Waals surface area contributed by atoms with Gasteiger partial charge in [0.2, 0.25) is 0 Å². The van der Waals surface area contributed by atoms with E-state index in [2.05, 4.69) is 4.98 Å². The van der Waals surface area contributed by atoms with Crippen molar-refractivity contribution in [2.24, 2.45) is 0 Å². The molecule has 0 atom stereocenters. The number of aromatic nitrogens is 2. The number of rotatable bonds is 3. The van der Waals surface area contributed by atoms with E-state index in [1.165, 1.54) is 7.11 Å². The third kappa shape index (κ3) is 2.09. The standard InChI is InChI=1S/C10H10N2O3.ClH/c1-15-8-2-3-9-11-4-5-12(9)7(8)6-10(13)14;/h2-5H,6H2,1H3,(H,13,14);1H. The molecule has 2 rings (SSSR count). The van der Waals surface area contributed by atoms with Crippen molar-refractivity contribution in [3.05, 3.63) is 30.2 Å². The predicted octanol–water partition coefficient (Wildman–Crippen LogP) is 1.39. The van der Waals surface area contributed by atoms with Gasteiger partial charge in [-0.1, -0.05) is 0 Å². The summed E-state index contributed by atoms with van der Waals surface area (Å²) in [6.45, 7) is 0. The van der Waals surface area contributed by atoms with Crippen LogP contribution < -0.4 is 4.74 Å². The lowest BCUT2D eigenvalue weighted by molar-refractivity contribution is -0.136. The minimum absolute atomic E-state index is 0. The van der Waals surface area contributed by atoms with Crippen molar-refractivity contribution >= 4 is 24.0 Å². The second kappa shape index (κ2) is 4.85. The molecule has 0 amide bonds. The van der Waals surface area contributed by atoms with Gasteiger partial charge in [-0.2, -0.15) is 0 Å². The quantitative estimate of drug-likeness (QED) is 0.884. The van der Waals surface area contributed by atoms with Gasteiger partial charge in [-0.25, -0.2) is 4.98 Å². The fourth-order valence-electron chi connectivity index (χ4n) is 1.53. The molecule has 0 spiro atoms. The zero-order valence-corrected chi connectivity index (χ0v) is 9.40. The molecule has 0 bridgehead atoms. The van der Waals surface area contributed by atoms with E-state index in [9.17, 15) is 4.79 Å². The lowest BCUT2D eigenvalue weighted by Gasteiger charge is -2.08. The number of hydrogen-bond donors (Lipinski definition) is 1. The normalized spacial score (nSPS) is 9.81. The number of halogens is 1. The van der Waals surface area contributed by atoms with E-state index >= 15 is 0 Å². The lowest BCUT2D eigenvalue weighted by atomic mass is 10.2. The molecule has 1 N–H and O–H groups in total. The van der Waals surface area contributed by atoms with Crippen LogP contribution in [0.2, 0.25) is 0 Å². The maximum atomic E-state index is 10.7. The van der Waals surface area contributed by atoms with Crippen LogP contribution in [0.1, 0.15) is 5.69 Å². The molecular weight excluding hydrogens is 232 g/mol. The summed E-state index contributed by atoms with van der Waals surface area (Å²) in [4.78, 5) is 14.8. The number of carbonyl (C=O) groups is 1. The van der Waals surface area contributed by atoms with E-state index in [1.807, 2.05) is 0 Å². The van der Waals surface area contributed by atoms with E-state index in [0.717, 1.165) is 0 Å². The summed E-state index contributed by atoms with van der Waals surface area (Å²) in [6, 6.07) is 3.50. The van der Waals surface area contributed by atoms with Gasteiger partial charge < -0.3 is 9.84 Å². The van der Waals surface area contributed by atoms with Crippen LogP contribution in [0, 0.1) is 0 Å². The van der Waals surface area contributed by atoms with Crippen LogP contribution in [0.5, 0.6) is 5.75 Å². The van der Waals surface area contributed by atoms with E-state index in [-0.39, 0.29) is 18.8 Å². The number of fused-ring (bicyclic) bond motifs is 1. The number of carboxylic acid groups (broad SMARTS) is 1. The van der Waals surface area contributed by atoms with Crippen LogP contribution in [-0.2, 0) is 11.2 Å². The zero-order chi connectivity index (χ0) is 10.8. The number of imidazole rings is 1. The molecule has 0 fully saturated rings. The first kappa shape index (κ1) is 12.3. The SMILES string of the molecule is COc1ccc2nccn2c1CC(=O)O.Cl. The summed E-state index contributed by atoms with van der Waals surface area (Å²) in [5, 5.41) is 8.79. The minimum atomic E-state index is -0.894. The van der Waals surface area contributed by atoms with Gasteiger partial charge in [0.15, 0.2) is 0 Å². The number of ether oxygens (including phenoxy) is 1. The molecule has 0 aliphatic rings. The highest BCUT2D eigenvalue weighted by Crippen LogP contribution is 2.20. The Morgan fingerprint density at radius 2 is 2.31 bits per heavy atom. The Kier molecular flexibility index (Phi) is 3.73. The van der Waals surface area contributed by atoms with Gasteiger partial charge in [0.05, 0.1) is 19.2 Å². The van der Waals surface area contributed by atoms with Crippen LogP contribution in [-0.4, -0.2) is 27.6 Å². The molecule has 0 saturated heterocycles.